The average Bonchev–Trinajstić information content (AvgIpc) is 3.29. The highest BCUT2D eigenvalue weighted by atomic mass is 16.6. The van der Waals surface area contributed by atoms with Crippen molar-refractivity contribution in [2.45, 2.75) is 26.4 Å². The van der Waals surface area contributed by atoms with Crippen LogP contribution >= 0.6 is 0 Å². The Hall–Kier alpha value is -2.70. The maximum atomic E-state index is 11.9. The number of rotatable bonds is 5. The Kier molecular flexibility index (Phi) is 3.86. The number of carbonyl (C=O) groups is 2. The zero-order chi connectivity index (χ0) is 15.5. The van der Waals surface area contributed by atoms with Crippen LogP contribution in [0.5, 0.6) is 0 Å². The highest BCUT2D eigenvalue weighted by Gasteiger charge is 2.29. The summed E-state index contributed by atoms with van der Waals surface area (Å²) in [7, 11) is 0. The molecule has 1 aromatic carbocycles. The van der Waals surface area contributed by atoms with Gasteiger partial charge in [-0.2, -0.15) is 4.98 Å². The molecule has 1 aliphatic rings. The summed E-state index contributed by atoms with van der Waals surface area (Å²) in [5.41, 5.74) is 1.06. The third-order valence-electron chi connectivity index (χ3n) is 3.23. The van der Waals surface area contributed by atoms with E-state index in [9.17, 15) is 9.59 Å². The molecule has 3 rings (SSSR count). The number of ether oxygens (including phenoxy) is 1. The van der Waals surface area contributed by atoms with E-state index >= 15 is 0 Å². The summed E-state index contributed by atoms with van der Waals surface area (Å²) in [6.07, 6.45) is 1.90. The first-order chi connectivity index (χ1) is 10.6. The lowest BCUT2D eigenvalue weighted by Gasteiger charge is -2.05. The summed E-state index contributed by atoms with van der Waals surface area (Å²) in [4.78, 5) is 27.4. The molecular formula is C15H15N3O4. The monoisotopic (exact) mass is 301 g/mol. The minimum absolute atomic E-state index is 0.0297. The topological polar surface area (TPSA) is 94.3 Å². The lowest BCUT2D eigenvalue weighted by atomic mass is 10.2. The first kappa shape index (κ1) is 14.2. The van der Waals surface area contributed by atoms with Crippen LogP contribution in [-0.4, -0.2) is 22.0 Å². The van der Waals surface area contributed by atoms with Crippen molar-refractivity contribution in [2.24, 2.45) is 5.92 Å². The first-order valence-electron chi connectivity index (χ1n) is 6.99. The van der Waals surface area contributed by atoms with Crippen molar-refractivity contribution in [1.82, 2.24) is 10.1 Å². The highest BCUT2D eigenvalue weighted by Crippen LogP contribution is 2.30. The fraction of sp³-hybridized carbons (Fsp3) is 0.333. The number of hydrogen-bond donors (Lipinski definition) is 1. The minimum atomic E-state index is -0.490. The molecule has 1 saturated carbocycles. The summed E-state index contributed by atoms with van der Waals surface area (Å²) in [6, 6.07) is 6.55. The summed E-state index contributed by atoms with van der Waals surface area (Å²) in [6.45, 7) is 1.61. The van der Waals surface area contributed by atoms with Gasteiger partial charge < -0.3 is 14.6 Å². The zero-order valence-corrected chi connectivity index (χ0v) is 12.0. The van der Waals surface area contributed by atoms with Gasteiger partial charge in [-0.15, -0.1) is 0 Å². The van der Waals surface area contributed by atoms with E-state index in [1.54, 1.807) is 31.2 Å². The SMILES string of the molecule is Cc1noc(COC(=O)c2ccc(NC(=O)C3CC3)cc2)n1. The molecule has 0 aliphatic heterocycles. The lowest BCUT2D eigenvalue weighted by molar-refractivity contribution is -0.117. The first-order valence-corrected chi connectivity index (χ1v) is 6.99. The Balaban J connectivity index is 1.54. The predicted molar refractivity (Wildman–Crippen MR) is 76.0 cm³/mol. The molecule has 0 radical (unpaired) electrons. The van der Waals surface area contributed by atoms with Gasteiger partial charge in [0, 0.05) is 11.6 Å². The van der Waals surface area contributed by atoms with E-state index in [0.717, 1.165) is 12.8 Å². The van der Waals surface area contributed by atoms with Crippen LogP contribution in [0.25, 0.3) is 0 Å². The quantitative estimate of drug-likeness (QED) is 0.850. The molecule has 1 fully saturated rings. The molecule has 1 heterocycles. The molecule has 1 N–H and O–H groups in total. The molecule has 0 spiro atoms. The summed E-state index contributed by atoms with van der Waals surface area (Å²) >= 11 is 0. The third-order valence-corrected chi connectivity index (χ3v) is 3.23. The number of carbonyl (C=O) groups excluding carboxylic acids is 2. The molecule has 1 amide bonds. The summed E-state index contributed by atoms with van der Waals surface area (Å²) < 4.78 is 9.93. The number of nitrogens with one attached hydrogen (secondary N) is 1. The van der Waals surface area contributed by atoms with Crippen molar-refractivity contribution in [3.8, 4) is 0 Å². The molecule has 2 aromatic rings. The second-order valence-electron chi connectivity index (χ2n) is 5.15. The maximum absolute atomic E-state index is 11.9. The van der Waals surface area contributed by atoms with E-state index in [0.29, 0.717) is 17.1 Å². The van der Waals surface area contributed by atoms with Gasteiger partial charge in [-0.05, 0) is 44.0 Å². The standard InChI is InChI=1S/C15H15N3O4/c1-9-16-13(22-18-9)8-21-15(20)11-4-6-12(7-5-11)17-14(19)10-2-3-10/h4-7,10H,2-3,8H2,1H3,(H,17,19). The minimum Gasteiger partial charge on any atom is -0.452 e. The summed E-state index contributed by atoms with van der Waals surface area (Å²) in [5.74, 6) is 0.418. The number of esters is 1. The van der Waals surface area contributed by atoms with Crippen LogP contribution in [0.3, 0.4) is 0 Å². The van der Waals surface area contributed by atoms with Gasteiger partial charge in [0.1, 0.15) is 0 Å². The van der Waals surface area contributed by atoms with E-state index in [2.05, 4.69) is 15.5 Å². The molecule has 0 bridgehead atoms. The van der Waals surface area contributed by atoms with Gasteiger partial charge in [-0.25, -0.2) is 4.79 Å². The number of hydrogen-bond acceptors (Lipinski definition) is 6. The molecular weight excluding hydrogens is 286 g/mol. The fourth-order valence-electron chi connectivity index (χ4n) is 1.89. The zero-order valence-electron chi connectivity index (χ0n) is 12.0. The normalized spacial score (nSPS) is 13.7. The maximum Gasteiger partial charge on any atom is 0.338 e. The van der Waals surface area contributed by atoms with Crippen LogP contribution in [0.1, 0.15) is 34.9 Å². The highest BCUT2D eigenvalue weighted by molar-refractivity contribution is 5.95. The second kappa shape index (κ2) is 5.97. The van der Waals surface area contributed by atoms with E-state index in [-0.39, 0.29) is 24.3 Å². The molecule has 114 valence electrons. The van der Waals surface area contributed by atoms with Gasteiger partial charge in [0.15, 0.2) is 12.4 Å². The van der Waals surface area contributed by atoms with Crippen molar-refractivity contribution in [2.75, 3.05) is 5.32 Å². The lowest BCUT2D eigenvalue weighted by Crippen LogP contribution is -2.13. The predicted octanol–water partition coefficient (Wildman–Crippen LogP) is 2.08. The van der Waals surface area contributed by atoms with Crippen LogP contribution in [0.2, 0.25) is 0 Å². The number of anilines is 1. The van der Waals surface area contributed by atoms with Crippen molar-refractivity contribution in [3.63, 3.8) is 0 Å². The van der Waals surface area contributed by atoms with Gasteiger partial charge in [-0.1, -0.05) is 5.16 Å². The van der Waals surface area contributed by atoms with Crippen molar-refractivity contribution in [1.29, 1.82) is 0 Å². The molecule has 1 aromatic heterocycles. The van der Waals surface area contributed by atoms with Crippen LogP contribution in [0.15, 0.2) is 28.8 Å². The largest absolute Gasteiger partial charge is 0.452 e. The Morgan fingerprint density at radius 1 is 1.32 bits per heavy atom. The molecule has 22 heavy (non-hydrogen) atoms. The van der Waals surface area contributed by atoms with Crippen LogP contribution in [0, 0.1) is 12.8 Å². The Morgan fingerprint density at radius 2 is 2.05 bits per heavy atom. The van der Waals surface area contributed by atoms with E-state index < -0.39 is 5.97 Å². The van der Waals surface area contributed by atoms with Crippen LogP contribution < -0.4 is 5.32 Å². The van der Waals surface area contributed by atoms with E-state index in [1.165, 1.54) is 0 Å². The Bertz CT molecular complexity index is 689. The average molecular weight is 301 g/mol. The van der Waals surface area contributed by atoms with Gasteiger partial charge in [0.05, 0.1) is 5.56 Å². The van der Waals surface area contributed by atoms with Gasteiger partial charge in [-0.3, -0.25) is 4.79 Å². The van der Waals surface area contributed by atoms with Crippen LogP contribution in [0.4, 0.5) is 5.69 Å². The van der Waals surface area contributed by atoms with Crippen molar-refractivity contribution >= 4 is 17.6 Å². The molecule has 0 unspecified atom stereocenters. The smallest absolute Gasteiger partial charge is 0.338 e. The second-order valence-corrected chi connectivity index (χ2v) is 5.15. The number of benzene rings is 1. The Labute approximate surface area is 126 Å². The van der Waals surface area contributed by atoms with Crippen LogP contribution in [-0.2, 0) is 16.1 Å². The molecule has 1 aliphatic carbocycles. The number of aromatic nitrogens is 2. The fourth-order valence-corrected chi connectivity index (χ4v) is 1.89. The van der Waals surface area contributed by atoms with Crippen molar-refractivity contribution < 1.29 is 18.8 Å². The van der Waals surface area contributed by atoms with Gasteiger partial charge >= 0.3 is 5.97 Å². The number of nitrogens with zero attached hydrogens (tertiary/aromatic N) is 2. The number of amides is 1. The third kappa shape index (κ3) is 3.49. The van der Waals surface area contributed by atoms with Crippen molar-refractivity contribution in [3.05, 3.63) is 41.5 Å². The van der Waals surface area contributed by atoms with Gasteiger partial charge in [0.2, 0.25) is 5.91 Å². The van der Waals surface area contributed by atoms with E-state index in [1.807, 2.05) is 0 Å². The molecule has 7 heteroatoms. The molecule has 0 atom stereocenters. The van der Waals surface area contributed by atoms with Gasteiger partial charge in [0.25, 0.3) is 5.89 Å². The molecule has 7 nitrogen and oxygen atoms in total. The number of aryl methyl sites for hydroxylation is 1. The molecule has 0 saturated heterocycles. The Morgan fingerprint density at radius 3 is 2.64 bits per heavy atom. The van der Waals surface area contributed by atoms with E-state index in [4.69, 9.17) is 9.26 Å². The summed E-state index contributed by atoms with van der Waals surface area (Å²) in [5, 5.41) is 6.41.